The second-order valence-electron chi connectivity index (χ2n) is 3.76. The summed E-state index contributed by atoms with van der Waals surface area (Å²) in [6, 6.07) is 7.09. The molecule has 0 bridgehead atoms. The normalized spacial score (nSPS) is 27.6. The van der Waals surface area contributed by atoms with Gasteiger partial charge in [0.05, 0.1) is 0 Å². The largest absolute Gasteiger partial charge is 0.313 e. The maximum absolute atomic E-state index is 14.4. The maximum atomic E-state index is 14.4. The third kappa shape index (κ3) is 1.91. The van der Waals surface area contributed by atoms with Gasteiger partial charge in [-0.15, -0.1) is 0 Å². The number of piperidine rings is 1. The predicted octanol–water partition coefficient (Wildman–Crippen LogP) is 2.89. The molecule has 1 unspecified atom stereocenters. The van der Waals surface area contributed by atoms with Crippen LogP contribution in [0.4, 0.5) is 4.39 Å². The lowest BCUT2D eigenvalue weighted by atomic mass is 9.88. The van der Waals surface area contributed by atoms with E-state index in [1.165, 1.54) is 0 Å². The van der Waals surface area contributed by atoms with Crippen molar-refractivity contribution in [2.75, 3.05) is 13.1 Å². The number of hydrogen-bond acceptors (Lipinski definition) is 1. The molecule has 0 aliphatic carbocycles. The highest BCUT2D eigenvalue weighted by atomic mass is 35.5. The molecule has 1 aromatic rings. The first-order valence-electron chi connectivity index (χ1n) is 4.86. The van der Waals surface area contributed by atoms with Gasteiger partial charge in [-0.05, 0) is 37.1 Å². The zero-order valence-electron chi connectivity index (χ0n) is 7.89. The van der Waals surface area contributed by atoms with Crippen LogP contribution in [0.15, 0.2) is 24.3 Å². The van der Waals surface area contributed by atoms with Crippen molar-refractivity contribution in [3.63, 3.8) is 0 Å². The smallest absolute Gasteiger partial charge is 0.148 e. The zero-order valence-corrected chi connectivity index (χ0v) is 8.65. The van der Waals surface area contributed by atoms with Crippen molar-refractivity contribution in [1.29, 1.82) is 0 Å². The molecule has 1 saturated heterocycles. The first-order chi connectivity index (χ1) is 6.71. The number of hydrogen-bond donors (Lipinski definition) is 1. The average molecular weight is 214 g/mol. The van der Waals surface area contributed by atoms with E-state index in [1.807, 2.05) is 0 Å². The molecule has 1 heterocycles. The molecule has 0 aromatic heterocycles. The van der Waals surface area contributed by atoms with E-state index in [0.29, 0.717) is 23.6 Å². The van der Waals surface area contributed by atoms with Gasteiger partial charge in [0, 0.05) is 11.6 Å². The van der Waals surface area contributed by atoms with E-state index in [2.05, 4.69) is 5.32 Å². The van der Waals surface area contributed by atoms with Crippen LogP contribution in [0, 0.1) is 0 Å². The second kappa shape index (κ2) is 3.87. The quantitative estimate of drug-likeness (QED) is 0.757. The Morgan fingerprint density at radius 2 is 2.29 bits per heavy atom. The molecule has 0 radical (unpaired) electrons. The van der Waals surface area contributed by atoms with Gasteiger partial charge < -0.3 is 5.32 Å². The molecular weight excluding hydrogens is 201 g/mol. The van der Waals surface area contributed by atoms with Crippen LogP contribution in [0.5, 0.6) is 0 Å². The summed E-state index contributed by atoms with van der Waals surface area (Å²) in [6.45, 7) is 1.31. The van der Waals surface area contributed by atoms with Crippen LogP contribution in [-0.4, -0.2) is 13.1 Å². The van der Waals surface area contributed by atoms with Gasteiger partial charge in [-0.2, -0.15) is 0 Å². The van der Waals surface area contributed by atoms with Crippen LogP contribution in [-0.2, 0) is 5.67 Å². The lowest BCUT2D eigenvalue weighted by molar-refractivity contribution is 0.122. The van der Waals surface area contributed by atoms with Gasteiger partial charge in [-0.3, -0.25) is 0 Å². The Bertz CT molecular complexity index is 321. The Labute approximate surface area is 88.3 Å². The Hall–Kier alpha value is -0.600. The third-order valence-electron chi connectivity index (χ3n) is 2.67. The monoisotopic (exact) mass is 213 g/mol. The van der Waals surface area contributed by atoms with E-state index >= 15 is 0 Å². The SMILES string of the molecule is FC1(c2cccc(Cl)c2)CCCNC1. The number of nitrogens with one attached hydrogen (secondary N) is 1. The van der Waals surface area contributed by atoms with Crippen molar-refractivity contribution >= 4 is 11.6 Å². The Morgan fingerprint density at radius 3 is 2.93 bits per heavy atom. The molecule has 2 rings (SSSR count). The summed E-state index contributed by atoms with van der Waals surface area (Å²) >= 11 is 5.84. The molecule has 0 spiro atoms. The lowest BCUT2D eigenvalue weighted by Crippen LogP contribution is -2.40. The molecule has 3 heteroatoms. The summed E-state index contributed by atoms with van der Waals surface area (Å²) in [7, 11) is 0. The Balaban J connectivity index is 2.28. The van der Waals surface area contributed by atoms with Gasteiger partial charge in [-0.25, -0.2) is 4.39 Å². The third-order valence-corrected chi connectivity index (χ3v) is 2.91. The summed E-state index contributed by atoms with van der Waals surface area (Å²) < 4.78 is 14.4. The Morgan fingerprint density at radius 1 is 1.43 bits per heavy atom. The minimum absolute atomic E-state index is 0.396. The standard InChI is InChI=1S/C11H13ClFN/c12-10-4-1-3-9(7-10)11(13)5-2-6-14-8-11/h1,3-4,7,14H,2,5-6,8H2. The van der Waals surface area contributed by atoms with E-state index in [0.717, 1.165) is 13.0 Å². The molecule has 1 aliphatic rings. The van der Waals surface area contributed by atoms with Crippen molar-refractivity contribution in [1.82, 2.24) is 5.32 Å². The predicted molar refractivity (Wildman–Crippen MR) is 56.3 cm³/mol. The highest BCUT2D eigenvalue weighted by Crippen LogP contribution is 2.33. The molecule has 1 N–H and O–H groups in total. The molecule has 1 aromatic carbocycles. The maximum Gasteiger partial charge on any atom is 0.148 e. The van der Waals surface area contributed by atoms with Crippen molar-refractivity contribution in [2.45, 2.75) is 18.5 Å². The zero-order chi connectivity index (χ0) is 10.0. The number of alkyl halides is 1. The van der Waals surface area contributed by atoms with E-state index < -0.39 is 5.67 Å². The first kappa shape index (κ1) is 9.94. The van der Waals surface area contributed by atoms with E-state index in [1.54, 1.807) is 24.3 Å². The molecular formula is C11H13ClFN. The number of halogens is 2. The van der Waals surface area contributed by atoms with Crippen LogP contribution in [0.1, 0.15) is 18.4 Å². The highest BCUT2D eigenvalue weighted by Gasteiger charge is 2.33. The minimum Gasteiger partial charge on any atom is -0.313 e. The fourth-order valence-corrected chi connectivity index (χ4v) is 2.07. The summed E-state index contributed by atoms with van der Waals surface area (Å²) in [5, 5.41) is 3.68. The molecule has 0 amide bonds. The van der Waals surface area contributed by atoms with Crippen molar-refractivity contribution in [3.8, 4) is 0 Å². The molecule has 1 aliphatic heterocycles. The van der Waals surface area contributed by atoms with E-state index in [9.17, 15) is 4.39 Å². The van der Waals surface area contributed by atoms with Gasteiger partial charge in [0.2, 0.25) is 0 Å². The summed E-state index contributed by atoms with van der Waals surface area (Å²) in [4.78, 5) is 0. The molecule has 76 valence electrons. The van der Waals surface area contributed by atoms with Gasteiger partial charge in [-0.1, -0.05) is 23.7 Å². The van der Waals surface area contributed by atoms with E-state index in [4.69, 9.17) is 11.6 Å². The molecule has 1 fully saturated rings. The number of rotatable bonds is 1. The van der Waals surface area contributed by atoms with Crippen LogP contribution in [0.3, 0.4) is 0 Å². The first-order valence-corrected chi connectivity index (χ1v) is 5.24. The average Bonchev–Trinajstić information content (AvgIpc) is 2.19. The fraction of sp³-hybridized carbons (Fsp3) is 0.455. The van der Waals surface area contributed by atoms with Crippen molar-refractivity contribution < 1.29 is 4.39 Å². The molecule has 14 heavy (non-hydrogen) atoms. The van der Waals surface area contributed by atoms with Crippen LogP contribution < -0.4 is 5.32 Å². The summed E-state index contributed by atoms with van der Waals surface area (Å²) in [5.41, 5.74) is -0.541. The van der Waals surface area contributed by atoms with Gasteiger partial charge in [0.1, 0.15) is 5.67 Å². The minimum atomic E-state index is -1.23. The number of benzene rings is 1. The van der Waals surface area contributed by atoms with Crippen LogP contribution in [0.25, 0.3) is 0 Å². The summed E-state index contributed by atoms with van der Waals surface area (Å²) in [6.07, 6.45) is 1.46. The van der Waals surface area contributed by atoms with Gasteiger partial charge >= 0.3 is 0 Å². The van der Waals surface area contributed by atoms with Crippen LogP contribution >= 0.6 is 11.6 Å². The fourth-order valence-electron chi connectivity index (χ4n) is 1.88. The molecule has 0 saturated carbocycles. The summed E-state index contributed by atoms with van der Waals surface area (Å²) in [5.74, 6) is 0. The van der Waals surface area contributed by atoms with Gasteiger partial charge in [0.15, 0.2) is 0 Å². The highest BCUT2D eigenvalue weighted by molar-refractivity contribution is 6.30. The lowest BCUT2D eigenvalue weighted by Gasteiger charge is -2.30. The molecule has 1 nitrogen and oxygen atoms in total. The molecule has 1 atom stereocenters. The van der Waals surface area contributed by atoms with Crippen LogP contribution in [0.2, 0.25) is 5.02 Å². The topological polar surface area (TPSA) is 12.0 Å². The van der Waals surface area contributed by atoms with E-state index in [-0.39, 0.29) is 0 Å². The Kier molecular flexibility index (Phi) is 2.75. The van der Waals surface area contributed by atoms with Crippen molar-refractivity contribution in [3.05, 3.63) is 34.9 Å². The van der Waals surface area contributed by atoms with Gasteiger partial charge in [0.25, 0.3) is 0 Å². The van der Waals surface area contributed by atoms with Crippen molar-refractivity contribution in [2.24, 2.45) is 0 Å². The second-order valence-corrected chi connectivity index (χ2v) is 4.19.